The number of amides is 1. The first-order valence-corrected chi connectivity index (χ1v) is 10.3. The molecule has 7 heteroatoms. The second-order valence-corrected chi connectivity index (χ2v) is 7.66. The summed E-state index contributed by atoms with van der Waals surface area (Å²) in [5.41, 5.74) is 2.10. The molecule has 3 heterocycles. The van der Waals surface area contributed by atoms with E-state index in [1.54, 1.807) is 14.0 Å². The van der Waals surface area contributed by atoms with Crippen LogP contribution in [0.15, 0.2) is 30.5 Å². The second-order valence-electron chi connectivity index (χ2n) is 7.66. The molecule has 1 fully saturated rings. The highest BCUT2D eigenvalue weighted by molar-refractivity contribution is 5.81. The van der Waals surface area contributed by atoms with Gasteiger partial charge in [-0.3, -0.25) is 4.79 Å². The van der Waals surface area contributed by atoms with Crippen molar-refractivity contribution in [2.24, 2.45) is 0 Å². The molecule has 0 unspecified atom stereocenters. The number of ether oxygens (including phenoxy) is 2. The third-order valence-corrected chi connectivity index (χ3v) is 5.65. The number of methoxy groups -OCH3 is 1. The zero-order valence-corrected chi connectivity index (χ0v) is 17.1. The molecule has 154 valence electrons. The van der Waals surface area contributed by atoms with Crippen LogP contribution in [0.4, 0.5) is 0 Å². The molecular formula is C22H28N4O3. The molecule has 1 aromatic carbocycles. The maximum Gasteiger partial charge on any atom is 0.263 e. The molecule has 1 N–H and O–H groups in total. The number of rotatable bonds is 5. The van der Waals surface area contributed by atoms with Gasteiger partial charge in [0.2, 0.25) is 0 Å². The number of carbonyl (C=O) groups excluding carboxylic acids is 1. The van der Waals surface area contributed by atoms with Gasteiger partial charge in [0.05, 0.1) is 12.8 Å². The van der Waals surface area contributed by atoms with Crippen LogP contribution in [-0.2, 0) is 17.8 Å². The molecule has 0 spiro atoms. The Morgan fingerprint density at radius 1 is 1.31 bits per heavy atom. The summed E-state index contributed by atoms with van der Waals surface area (Å²) in [7, 11) is 1.59. The average Bonchev–Trinajstić information content (AvgIpc) is 2.78. The fraction of sp³-hybridized carbons (Fsp3) is 0.500. The van der Waals surface area contributed by atoms with Crippen molar-refractivity contribution in [2.45, 2.75) is 44.8 Å². The lowest BCUT2D eigenvalue weighted by Crippen LogP contribution is -2.43. The number of aromatic nitrogens is 2. The standard InChI is InChI=1S/C22H28N4O3/c1-15(29-20-8-4-3-7-19(20)28-2)22(27)26-11-9-18-17(14-26)13-24-21(25-18)16-6-5-10-23-12-16/h3-4,7-8,13,15-16,23H,5-6,9-12,14H2,1-2H3/t15-,16+/m1/s1. The number of para-hydroxylation sites is 2. The number of fused-ring (bicyclic) bond motifs is 1. The molecule has 0 aliphatic carbocycles. The van der Waals surface area contributed by atoms with Crippen LogP contribution in [0.25, 0.3) is 0 Å². The van der Waals surface area contributed by atoms with Crippen LogP contribution in [0.2, 0.25) is 0 Å². The predicted molar refractivity (Wildman–Crippen MR) is 109 cm³/mol. The lowest BCUT2D eigenvalue weighted by molar-refractivity contribution is -0.139. The molecule has 2 aromatic rings. The summed E-state index contributed by atoms with van der Waals surface area (Å²) in [6, 6.07) is 7.37. The molecule has 29 heavy (non-hydrogen) atoms. The van der Waals surface area contributed by atoms with Crippen molar-refractivity contribution in [3.63, 3.8) is 0 Å². The second kappa shape index (κ2) is 8.78. The summed E-state index contributed by atoms with van der Waals surface area (Å²) in [4.78, 5) is 24.2. The zero-order valence-electron chi connectivity index (χ0n) is 17.1. The maximum absolute atomic E-state index is 12.9. The van der Waals surface area contributed by atoms with E-state index in [1.165, 1.54) is 0 Å². The number of piperidine rings is 1. The lowest BCUT2D eigenvalue weighted by atomic mass is 9.98. The van der Waals surface area contributed by atoms with Crippen LogP contribution in [-0.4, -0.2) is 53.6 Å². The summed E-state index contributed by atoms with van der Waals surface area (Å²) in [6.45, 7) is 4.97. The number of nitrogens with one attached hydrogen (secondary N) is 1. The van der Waals surface area contributed by atoms with E-state index in [0.717, 1.165) is 49.4 Å². The van der Waals surface area contributed by atoms with Gasteiger partial charge in [0, 0.05) is 43.7 Å². The van der Waals surface area contributed by atoms with Crippen LogP contribution in [0.3, 0.4) is 0 Å². The molecule has 7 nitrogen and oxygen atoms in total. The highest BCUT2D eigenvalue weighted by Crippen LogP contribution is 2.28. The van der Waals surface area contributed by atoms with Gasteiger partial charge in [-0.05, 0) is 38.4 Å². The Balaban J connectivity index is 1.41. The number of nitrogens with zero attached hydrogens (tertiary/aromatic N) is 3. The molecule has 0 bridgehead atoms. The zero-order chi connectivity index (χ0) is 20.2. The largest absolute Gasteiger partial charge is 0.493 e. The average molecular weight is 396 g/mol. The molecule has 2 atom stereocenters. The van der Waals surface area contributed by atoms with Crippen molar-refractivity contribution >= 4 is 5.91 Å². The fourth-order valence-corrected chi connectivity index (χ4v) is 4.00. The summed E-state index contributed by atoms with van der Waals surface area (Å²) in [6.07, 6.45) is 4.35. The minimum Gasteiger partial charge on any atom is -0.493 e. The fourth-order valence-electron chi connectivity index (χ4n) is 4.00. The van der Waals surface area contributed by atoms with Gasteiger partial charge in [-0.2, -0.15) is 0 Å². The van der Waals surface area contributed by atoms with Gasteiger partial charge >= 0.3 is 0 Å². The summed E-state index contributed by atoms with van der Waals surface area (Å²) in [5, 5.41) is 3.42. The Labute approximate surface area is 171 Å². The molecule has 0 saturated carbocycles. The first kappa shape index (κ1) is 19.6. The smallest absolute Gasteiger partial charge is 0.263 e. The summed E-state index contributed by atoms with van der Waals surface area (Å²) in [5.74, 6) is 2.48. The van der Waals surface area contributed by atoms with Gasteiger partial charge in [-0.1, -0.05) is 12.1 Å². The van der Waals surface area contributed by atoms with E-state index in [4.69, 9.17) is 14.5 Å². The Hall–Kier alpha value is -2.67. The van der Waals surface area contributed by atoms with E-state index < -0.39 is 6.10 Å². The molecule has 0 radical (unpaired) electrons. The lowest BCUT2D eigenvalue weighted by Gasteiger charge is -2.31. The predicted octanol–water partition coefficient (Wildman–Crippen LogP) is 2.30. The molecule has 1 amide bonds. The molecular weight excluding hydrogens is 368 g/mol. The normalized spacial score (nSPS) is 19.9. The van der Waals surface area contributed by atoms with E-state index >= 15 is 0 Å². The molecule has 2 aliphatic rings. The molecule has 1 saturated heterocycles. The molecule has 2 aliphatic heterocycles. The third-order valence-electron chi connectivity index (χ3n) is 5.65. The topological polar surface area (TPSA) is 76.6 Å². The number of carbonyl (C=O) groups is 1. The SMILES string of the molecule is COc1ccccc1O[C@H](C)C(=O)N1CCc2nc([C@H]3CCCNC3)ncc2C1. The maximum atomic E-state index is 12.9. The minimum absolute atomic E-state index is 0.0397. The number of benzene rings is 1. The van der Waals surface area contributed by atoms with Crippen LogP contribution in [0.5, 0.6) is 11.5 Å². The van der Waals surface area contributed by atoms with Crippen LogP contribution >= 0.6 is 0 Å². The van der Waals surface area contributed by atoms with E-state index in [0.29, 0.717) is 30.5 Å². The van der Waals surface area contributed by atoms with E-state index in [9.17, 15) is 4.79 Å². The summed E-state index contributed by atoms with van der Waals surface area (Å²) < 4.78 is 11.2. The van der Waals surface area contributed by atoms with Gasteiger partial charge in [0.1, 0.15) is 5.82 Å². The third kappa shape index (κ3) is 4.34. The van der Waals surface area contributed by atoms with Gasteiger partial charge in [-0.25, -0.2) is 9.97 Å². The van der Waals surface area contributed by atoms with Crippen LogP contribution in [0.1, 0.15) is 42.8 Å². The monoisotopic (exact) mass is 396 g/mol. The molecule has 1 aromatic heterocycles. The van der Waals surface area contributed by atoms with Gasteiger partial charge < -0.3 is 19.7 Å². The van der Waals surface area contributed by atoms with E-state index in [1.807, 2.05) is 35.4 Å². The van der Waals surface area contributed by atoms with Gasteiger partial charge in [-0.15, -0.1) is 0 Å². The Kier molecular flexibility index (Phi) is 5.94. The van der Waals surface area contributed by atoms with Crippen molar-refractivity contribution in [3.05, 3.63) is 47.5 Å². The van der Waals surface area contributed by atoms with Crippen molar-refractivity contribution in [1.29, 1.82) is 0 Å². The first-order valence-electron chi connectivity index (χ1n) is 10.3. The van der Waals surface area contributed by atoms with Crippen molar-refractivity contribution in [3.8, 4) is 11.5 Å². The Bertz CT molecular complexity index is 867. The Morgan fingerprint density at radius 2 is 2.14 bits per heavy atom. The van der Waals surface area contributed by atoms with Gasteiger partial charge in [0.25, 0.3) is 5.91 Å². The highest BCUT2D eigenvalue weighted by atomic mass is 16.5. The quantitative estimate of drug-likeness (QED) is 0.836. The van der Waals surface area contributed by atoms with Crippen LogP contribution in [0, 0.1) is 0 Å². The van der Waals surface area contributed by atoms with E-state index in [2.05, 4.69) is 10.3 Å². The van der Waals surface area contributed by atoms with E-state index in [-0.39, 0.29) is 5.91 Å². The Morgan fingerprint density at radius 3 is 2.90 bits per heavy atom. The van der Waals surface area contributed by atoms with Gasteiger partial charge in [0.15, 0.2) is 17.6 Å². The highest BCUT2D eigenvalue weighted by Gasteiger charge is 2.28. The van der Waals surface area contributed by atoms with Crippen molar-refractivity contribution in [1.82, 2.24) is 20.2 Å². The van der Waals surface area contributed by atoms with Crippen LogP contribution < -0.4 is 14.8 Å². The van der Waals surface area contributed by atoms with Crippen molar-refractivity contribution < 1.29 is 14.3 Å². The summed E-state index contributed by atoms with van der Waals surface area (Å²) >= 11 is 0. The molecule has 4 rings (SSSR count). The first-order chi connectivity index (χ1) is 14.2. The number of hydrogen-bond acceptors (Lipinski definition) is 6. The minimum atomic E-state index is -0.596. The van der Waals surface area contributed by atoms with Crippen molar-refractivity contribution in [2.75, 3.05) is 26.7 Å². The number of hydrogen-bond donors (Lipinski definition) is 1.